The van der Waals surface area contributed by atoms with E-state index in [2.05, 4.69) is 23.8 Å². The number of rotatable bonds is 3. The van der Waals surface area contributed by atoms with Crippen molar-refractivity contribution in [3.8, 4) is 0 Å². The molecule has 0 aliphatic carbocycles. The van der Waals surface area contributed by atoms with E-state index in [4.69, 9.17) is 11.6 Å². The number of carbonyl (C=O) groups excluding carboxylic acids is 1. The maximum absolute atomic E-state index is 12.2. The predicted molar refractivity (Wildman–Crippen MR) is 74.3 cm³/mol. The minimum atomic E-state index is 0.170. The Morgan fingerprint density at radius 3 is 2.61 bits per heavy atom. The zero-order valence-corrected chi connectivity index (χ0v) is 11.7. The van der Waals surface area contributed by atoms with Crippen LogP contribution in [0.15, 0.2) is 24.3 Å². The molecule has 1 aliphatic heterocycles. The first-order valence-electron chi connectivity index (χ1n) is 6.27. The Kier molecular flexibility index (Phi) is 4.38. The second-order valence-electron chi connectivity index (χ2n) is 5.01. The molecule has 0 N–H and O–H groups in total. The summed E-state index contributed by atoms with van der Waals surface area (Å²) in [6.07, 6.45) is 0. The quantitative estimate of drug-likeness (QED) is 0.784. The van der Waals surface area contributed by atoms with E-state index in [-0.39, 0.29) is 5.78 Å². The van der Waals surface area contributed by atoms with E-state index >= 15 is 0 Å². The van der Waals surface area contributed by atoms with Crippen LogP contribution in [-0.4, -0.2) is 54.9 Å². The number of piperazine rings is 1. The van der Waals surface area contributed by atoms with Crippen LogP contribution in [0.2, 0.25) is 5.02 Å². The highest BCUT2D eigenvalue weighted by atomic mass is 35.5. The van der Waals surface area contributed by atoms with Gasteiger partial charge in [0.05, 0.1) is 6.54 Å². The number of halogens is 1. The maximum atomic E-state index is 12.2. The van der Waals surface area contributed by atoms with Gasteiger partial charge in [-0.2, -0.15) is 0 Å². The summed E-state index contributed by atoms with van der Waals surface area (Å²) in [5, 5.41) is 0.666. The summed E-state index contributed by atoms with van der Waals surface area (Å²) in [6.45, 7) is 5.67. The van der Waals surface area contributed by atoms with E-state index in [0.29, 0.717) is 17.6 Å². The molecule has 18 heavy (non-hydrogen) atoms. The fourth-order valence-corrected chi connectivity index (χ4v) is 2.45. The lowest BCUT2D eigenvalue weighted by molar-refractivity contribution is 0.0747. The van der Waals surface area contributed by atoms with Crippen molar-refractivity contribution in [2.75, 3.05) is 33.2 Å². The average Bonchev–Trinajstić information content (AvgIpc) is 2.33. The molecule has 1 aliphatic rings. The standard InChI is InChI=1S/C14H19ClN2O/c1-11-9-16(2)7-8-17(11)10-14(18)12-3-5-13(15)6-4-12/h3-6,11H,7-10H2,1-2H3. The van der Waals surface area contributed by atoms with Gasteiger partial charge in [0, 0.05) is 36.3 Å². The fourth-order valence-electron chi connectivity index (χ4n) is 2.32. The summed E-state index contributed by atoms with van der Waals surface area (Å²) in [5.74, 6) is 0.170. The van der Waals surface area contributed by atoms with Crippen LogP contribution in [-0.2, 0) is 0 Å². The summed E-state index contributed by atoms with van der Waals surface area (Å²) in [4.78, 5) is 16.7. The van der Waals surface area contributed by atoms with E-state index < -0.39 is 0 Å². The van der Waals surface area contributed by atoms with Gasteiger partial charge in [0.25, 0.3) is 0 Å². The summed E-state index contributed by atoms with van der Waals surface area (Å²) in [5.41, 5.74) is 0.741. The molecule has 0 aromatic heterocycles. The van der Waals surface area contributed by atoms with Crippen LogP contribution in [0.4, 0.5) is 0 Å². The molecule has 98 valence electrons. The Bertz CT molecular complexity index is 418. The highest BCUT2D eigenvalue weighted by Gasteiger charge is 2.23. The Labute approximate surface area is 113 Å². The number of hydrogen-bond acceptors (Lipinski definition) is 3. The molecule has 1 fully saturated rings. The molecule has 1 aromatic rings. The van der Waals surface area contributed by atoms with E-state index in [1.54, 1.807) is 24.3 Å². The van der Waals surface area contributed by atoms with Gasteiger partial charge in [-0.1, -0.05) is 11.6 Å². The molecule has 2 rings (SSSR count). The molecule has 1 saturated heterocycles. The minimum Gasteiger partial charge on any atom is -0.304 e. The molecule has 1 unspecified atom stereocenters. The van der Waals surface area contributed by atoms with Crippen LogP contribution in [0.1, 0.15) is 17.3 Å². The van der Waals surface area contributed by atoms with Crippen LogP contribution in [0, 0.1) is 0 Å². The maximum Gasteiger partial charge on any atom is 0.176 e. The predicted octanol–water partition coefficient (Wildman–Crippen LogP) is 2.16. The van der Waals surface area contributed by atoms with Crippen molar-refractivity contribution >= 4 is 17.4 Å². The number of Topliss-reactive ketones (excluding diaryl/α,β-unsaturated/α-hetero) is 1. The number of likely N-dealkylation sites (N-methyl/N-ethyl adjacent to an activating group) is 1. The Balaban J connectivity index is 1.97. The molecule has 0 amide bonds. The monoisotopic (exact) mass is 266 g/mol. The molecule has 0 spiro atoms. The molecule has 1 aromatic carbocycles. The molecular formula is C14H19ClN2O. The number of benzene rings is 1. The summed E-state index contributed by atoms with van der Waals surface area (Å²) in [7, 11) is 2.12. The SMILES string of the molecule is CC1CN(C)CCN1CC(=O)c1ccc(Cl)cc1. The van der Waals surface area contributed by atoms with Gasteiger partial charge in [-0.25, -0.2) is 0 Å². The Hall–Kier alpha value is -0.900. The van der Waals surface area contributed by atoms with Gasteiger partial charge in [-0.15, -0.1) is 0 Å². The van der Waals surface area contributed by atoms with E-state index in [0.717, 1.165) is 25.2 Å². The average molecular weight is 267 g/mol. The molecule has 1 atom stereocenters. The zero-order valence-electron chi connectivity index (χ0n) is 10.9. The van der Waals surface area contributed by atoms with Crippen molar-refractivity contribution in [2.24, 2.45) is 0 Å². The zero-order chi connectivity index (χ0) is 13.1. The second-order valence-corrected chi connectivity index (χ2v) is 5.45. The molecule has 0 saturated carbocycles. The minimum absolute atomic E-state index is 0.170. The number of carbonyl (C=O) groups is 1. The van der Waals surface area contributed by atoms with Crippen LogP contribution in [0.5, 0.6) is 0 Å². The molecule has 0 bridgehead atoms. The van der Waals surface area contributed by atoms with Crippen LogP contribution >= 0.6 is 11.6 Å². The first kappa shape index (κ1) is 13.5. The Morgan fingerprint density at radius 2 is 2.00 bits per heavy atom. The lowest BCUT2D eigenvalue weighted by atomic mass is 10.1. The van der Waals surface area contributed by atoms with Crippen LogP contribution in [0.3, 0.4) is 0 Å². The number of hydrogen-bond donors (Lipinski definition) is 0. The fraction of sp³-hybridized carbons (Fsp3) is 0.500. The van der Waals surface area contributed by atoms with Gasteiger partial charge in [-0.3, -0.25) is 9.69 Å². The van der Waals surface area contributed by atoms with Gasteiger partial charge in [-0.05, 0) is 38.2 Å². The lowest BCUT2D eigenvalue weighted by Crippen LogP contribution is -2.51. The third kappa shape index (κ3) is 3.31. The normalized spacial score (nSPS) is 22.1. The molecule has 4 heteroatoms. The highest BCUT2D eigenvalue weighted by molar-refractivity contribution is 6.30. The van der Waals surface area contributed by atoms with Crippen molar-refractivity contribution in [3.63, 3.8) is 0 Å². The van der Waals surface area contributed by atoms with Gasteiger partial charge < -0.3 is 4.90 Å². The molecular weight excluding hydrogens is 248 g/mol. The smallest absolute Gasteiger partial charge is 0.176 e. The highest BCUT2D eigenvalue weighted by Crippen LogP contribution is 2.12. The Morgan fingerprint density at radius 1 is 1.33 bits per heavy atom. The second kappa shape index (κ2) is 5.83. The van der Waals surface area contributed by atoms with Crippen molar-refractivity contribution in [1.29, 1.82) is 0 Å². The van der Waals surface area contributed by atoms with Gasteiger partial charge >= 0.3 is 0 Å². The van der Waals surface area contributed by atoms with Crippen molar-refractivity contribution in [1.82, 2.24) is 9.80 Å². The van der Waals surface area contributed by atoms with Crippen molar-refractivity contribution in [3.05, 3.63) is 34.9 Å². The van der Waals surface area contributed by atoms with Crippen molar-refractivity contribution in [2.45, 2.75) is 13.0 Å². The third-order valence-corrected chi connectivity index (χ3v) is 3.73. The van der Waals surface area contributed by atoms with E-state index in [1.807, 2.05) is 0 Å². The summed E-state index contributed by atoms with van der Waals surface area (Å²) >= 11 is 5.82. The van der Waals surface area contributed by atoms with Gasteiger partial charge in [0.15, 0.2) is 5.78 Å². The number of ketones is 1. The summed E-state index contributed by atoms with van der Waals surface area (Å²) in [6, 6.07) is 7.56. The first-order valence-corrected chi connectivity index (χ1v) is 6.65. The largest absolute Gasteiger partial charge is 0.304 e. The lowest BCUT2D eigenvalue weighted by Gasteiger charge is -2.37. The van der Waals surface area contributed by atoms with E-state index in [1.165, 1.54) is 0 Å². The van der Waals surface area contributed by atoms with Crippen molar-refractivity contribution < 1.29 is 4.79 Å². The van der Waals surface area contributed by atoms with Crippen LogP contribution < -0.4 is 0 Å². The third-order valence-electron chi connectivity index (χ3n) is 3.48. The molecule has 0 radical (unpaired) electrons. The van der Waals surface area contributed by atoms with Gasteiger partial charge in [0.2, 0.25) is 0 Å². The van der Waals surface area contributed by atoms with Crippen LogP contribution in [0.25, 0.3) is 0 Å². The molecule has 1 heterocycles. The first-order chi connectivity index (χ1) is 8.56. The molecule has 3 nitrogen and oxygen atoms in total. The van der Waals surface area contributed by atoms with Gasteiger partial charge in [0.1, 0.15) is 0 Å². The summed E-state index contributed by atoms with van der Waals surface area (Å²) < 4.78 is 0. The van der Waals surface area contributed by atoms with E-state index in [9.17, 15) is 4.79 Å². The topological polar surface area (TPSA) is 23.6 Å². The number of nitrogens with zero attached hydrogens (tertiary/aromatic N) is 2.